The number of carboxylic acids is 3. The topological polar surface area (TPSA) is 335 Å². The maximum absolute atomic E-state index is 12.9. The summed E-state index contributed by atoms with van der Waals surface area (Å²) in [7, 11) is 0. The second-order valence-electron chi connectivity index (χ2n) is 24.1. The number of rotatable bonds is 10. The lowest BCUT2D eigenvalue weighted by Gasteiger charge is -2.71. The fourth-order valence-electron chi connectivity index (χ4n) is 15.4. The third-order valence-corrected chi connectivity index (χ3v) is 19.9. The molecule has 71 heavy (non-hydrogen) atoms. The Morgan fingerprint density at radius 2 is 1.20 bits per heavy atom. The molecular formula is C50H76O21. The largest absolute Gasteiger partial charge is 0.481 e. The van der Waals surface area contributed by atoms with Crippen LogP contribution in [0.25, 0.3) is 0 Å². The number of carboxylic acid groups (broad SMARTS) is 3. The molecule has 0 aromatic heterocycles. The highest BCUT2D eigenvalue weighted by atomic mass is 16.8. The Morgan fingerprint density at radius 3 is 1.82 bits per heavy atom. The van der Waals surface area contributed by atoms with Crippen LogP contribution in [0.1, 0.15) is 120 Å². The number of esters is 1. The molecule has 7 fully saturated rings. The van der Waals surface area contributed by atoms with Crippen molar-refractivity contribution in [2.45, 2.75) is 224 Å². The Morgan fingerprint density at radius 1 is 0.592 bits per heavy atom. The van der Waals surface area contributed by atoms with Gasteiger partial charge >= 0.3 is 23.9 Å². The molecule has 8 aliphatic rings. The highest BCUT2D eigenvalue weighted by molar-refractivity contribution is 5.75. The third kappa shape index (κ3) is 8.58. The van der Waals surface area contributed by atoms with E-state index in [1.807, 2.05) is 0 Å². The van der Waals surface area contributed by atoms with Crippen molar-refractivity contribution in [2.75, 3.05) is 0 Å². The van der Waals surface area contributed by atoms with E-state index in [0.717, 1.165) is 32.1 Å². The predicted molar refractivity (Wildman–Crippen MR) is 241 cm³/mol. The van der Waals surface area contributed by atoms with Crippen LogP contribution >= 0.6 is 0 Å². The molecule has 25 atom stereocenters. The highest BCUT2D eigenvalue weighted by Crippen LogP contribution is 2.76. The van der Waals surface area contributed by atoms with Crippen LogP contribution in [-0.4, -0.2) is 179 Å². The molecule has 0 amide bonds. The number of fused-ring (bicyclic) bond motifs is 7. The van der Waals surface area contributed by atoms with Gasteiger partial charge in [0.1, 0.15) is 61.0 Å². The van der Waals surface area contributed by atoms with Crippen molar-refractivity contribution in [1.29, 1.82) is 0 Å². The molecule has 0 aromatic carbocycles. The third-order valence-electron chi connectivity index (χ3n) is 19.9. The zero-order valence-corrected chi connectivity index (χ0v) is 42.0. The first-order valence-electron chi connectivity index (χ1n) is 25.1. The Hall–Kier alpha value is -2.90. The molecular weight excluding hydrogens is 937 g/mol. The van der Waals surface area contributed by atoms with Crippen molar-refractivity contribution < 1.29 is 103 Å². The normalized spacial score (nSPS) is 52.6. The van der Waals surface area contributed by atoms with Gasteiger partial charge in [0.2, 0.25) is 0 Å². The van der Waals surface area contributed by atoms with Crippen molar-refractivity contribution >= 4 is 23.9 Å². The van der Waals surface area contributed by atoms with Crippen molar-refractivity contribution in [3.05, 3.63) is 11.6 Å². The van der Waals surface area contributed by atoms with Gasteiger partial charge in [-0.15, -0.1) is 0 Å². The lowest BCUT2D eigenvalue weighted by atomic mass is 9.33. The number of aliphatic hydroxyl groups is 7. The Bertz CT molecular complexity index is 2100. The first-order valence-corrected chi connectivity index (χ1v) is 25.1. The molecule has 402 valence electrons. The first kappa shape index (κ1) is 54.4. The summed E-state index contributed by atoms with van der Waals surface area (Å²) in [6.45, 7) is 17.8. The van der Waals surface area contributed by atoms with Gasteiger partial charge in [0.05, 0.1) is 17.6 Å². The molecule has 5 aliphatic carbocycles. The molecule has 3 aliphatic heterocycles. The van der Waals surface area contributed by atoms with Gasteiger partial charge in [-0.2, -0.15) is 0 Å². The van der Waals surface area contributed by atoms with Gasteiger partial charge in [-0.25, -0.2) is 9.59 Å². The molecule has 3 heterocycles. The molecule has 3 saturated heterocycles. The van der Waals surface area contributed by atoms with Gasteiger partial charge < -0.3 is 84.2 Å². The van der Waals surface area contributed by atoms with E-state index >= 15 is 0 Å². The summed E-state index contributed by atoms with van der Waals surface area (Å²) in [5.74, 6) is -4.62. The van der Waals surface area contributed by atoms with Gasteiger partial charge in [0.25, 0.3) is 0 Å². The van der Waals surface area contributed by atoms with Crippen LogP contribution in [0.2, 0.25) is 0 Å². The minimum Gasteiger partial charge on any atom is -0.481 e. The molecule has 0 radical (unpaired) electrons. The number of aliphatic hydroxyl groups excluding tert-OH is 7. The number of carbonyl (C=O) groups is 4. The maximum Gasteiger partial charge on any atom is 0.335 e. The molecule has 0 aromatic rings. The summed E-state index contributed by atoms with van der Waals surface area (Å²) in [6, 6.07) is 0. The second-order valence-corrected chi connectivity index (χ2v) is 24.1. The van der Waals surface area contributed by atoms with Gasteiger partial charge in [0.15, 0.2) is 31.1 Å². The molecule has 25 unspecified atom stereocenters. The van der Waals surface area contributed by atoms with Gasteiger partial charge in [-0.3, -0.25) is 9.59 Å². The molecule has 10 N–H and O–H groups in total. The van der Waals surface area contributed by atoms with Crippen molar-refractivity contribution in [2.24, 2.45) is 50.2 Å². The zero-order chi connectivity index (χ0) is 52.5. The number of hydrogen-bond donors (Lipinski definition) is 10. The molecule has 21 nitrogen and oxygen atoms in total. The lowest BCUT2D eigenvalue weighted by Crippen LogP contribution is -2.68. The van der Waals surface area contributed by atoms with Gasteiger partial charge in [0, 0.05) is 18.8 Å². The minimum absolute atomic E-state index is 0.0187. The zero-order valence-electron chi connectivity index (χ0n) is 42.0. The van der Waals surface area contributed by atoms with E-state index in [4.69, 9.17) is 33.2 Å². The molecule has 0 bridgehead atoms. The molecule has 8 rings (SSSR count). The Kier molecular flexibility index (Phi) is 14.3. The van der Waals surface area contributed by atoms with Crippen LogP contribution in [0, 0.1) is 50.2 Å². The SMILES string of the molecule is CC(=O)OC1CC(C)(C(=O)O)CC2C3=CCC4C5(C)CCC(OC6OC(C(=O)O)C(O)C(O)C6OC6OC(C(=O)O)C(O)C(OC7OC(C)C(O)C(O)C7O)C6O)C(C)(C)C5CCC4(C)C3(C)CCC12C. The predicted octanol–water partition coefficient (Wildman–Crippen LogP) is 1.46. The number of carbonyl (C=O) groups excluding carboxylic acids is 1. The minimum atomic E-state index is -2.16. The fraction of sp³-hybridized carbons (Fsp3) is 0.880. The number of aliphatic carboxylic acids is 3. The number of ether oxygens (including phenoxy) is 7. The average Bonchev–Trinajstić information content (AvgIpc) is 3.27. The van der Waals surface area contributed by atoms with Crippen LogP contribution in [0.3, 0.4) is 0 Å². The van der Waals surface area contributed by atoms with E-state index < -0.39 is 144 Å². The van der Waals surface area contributed by atoms with E-state index in [9.17, 15) is 70.2 Å². The molecule has 4 saturated carbocycles. The summed E-state index contributed by atoms with van der Waals surface area (Å²) in [4.78, 5) is 50.2. The van der Waals surface area contributed by atoms with E-state index in [0.29, 0.717) is 19.3 Å². The van der Waals surface area contributed by atoms with Gasteiger partial charge in [-0.05, 0) is 105 Å². The van der Waals surface area contributed by atoms with Crippen molar-refractivity contribution in [3.8, 4) is 0 Å². The standard InChI is InChI=1S/C50H76O21/c1-20-28(52)29(53)32(56)41(65-20)68-35-33(57)37(40(61)62)69-42(34(35)58)71-38-31(55)30(54)36(39(59)60)70-43(38)67-26-13-14-48(7)24(45(26,3)4)12-15-50(9)25(48)11-10-22-23-18-46(5,44(63)64)19-27(66-21(2)51)47(23,6)16-17-49(22,50)8/h10,20,23-38,41-43,52-58H,11-19H2,1-9H3,(H,59,60)(H,61,62)(H,63,64). The van der Waals surface area contributed by atoms with Crippen LogP contribution in [-0.2, 0) is 52.3 Å². The highest BCUT2D eigenvalue weighted by Gasteiger charge is 2.70. The van der Waals surface area contributed by atoms with Crippen LogP contribution in [0.15, 0.2) is 11.6 Å². The smallest absolute Gasteiger partial charge is 0.335 e. The van der Waals surface area contributed by atoms with Gasteiger partial charge in [-0.1, -0.05) is 53.2 Å². The summed E-state index contributed by atoms with van der Waals surface area (Å²) in [6.07, 6.45) is -21.7. The van der Waals surface area contributed by atoms with Crippen LogP contribution in [0.5, 0.6) is 0 Å². The Labute approximate surface area is 412 Å². The summed E-state index contributed by atoms with van der Waals surface area (Å²) < 4.78 is 41.3. The fourth-order valence-corrected chi connectivity index (χ4v) is 15.4. The van der Waals surface area contributed by atoms with E-state index in [2.05, 4.69) is 47.6 Å². The summed E-state index contributed by atoms with van der Waals surface area (Å²) in [5.41, 5.74) is -1.73. The van der Waals surface area contributed by atoms with Crippen LogP contribution < -0.4 is 0 Å². The monoisotopic (exact) mass is 1010 g/mol. The van der Waals surface area contributed by atoms with E-state index in [-0.39, 0.29) is 40.4 Å². The van der Waals surface area contributed by atoms with Crippen LogP contribution in [0.4, 0.5) is 0 Å². The summed E-state index contributed by atoms with van der Waals surface area (Å²) in [5, 5.41) is 107. The second kappa shape index (κ2) is 18.7. The van der Waals surface area contributed by atoms with Crippen molar-refractivity contribution in [3.63, 3.8) is 0 Å². The van der Waals surface area contributed by atoms with E-state index in [1.54, 1.807) is 6.92 Å². The lowest BCUT2D eigenvalue weighted by molar-refractivity contribution is -0.385. The summed E-state index contributed by atoms with van der Waals surface area (Å²) >= 11 is 0. The quantitative estimate of drug-likeness (QED) is 0.0841. The van der Waals surface area contributed by atoms with Crippen molar-refractivity contribution in [1.82, 2.24) is 0 Å². The molecule has 21 heteroatoms. The maximum atomic E-state index is 12.9. The Balaban J connectivity index is 1.05. The number of allylic oxidation sites excluding steroid dienone is 2. The molecule has 0 spiro atoms. The van der Waals surface area contributed by atoms with E-state index in [1.165, 1.54) is 19.4 Å². The average molecular weight is 1010 g/mol. The number of hydrogen-bond acceptors (Lipinski definition) is 18. The first-order chi connectivity index (χ1) is 32.9.